The second-order valence-electron chi connectivity index (χ2n) is 21.0. The van der Waals surface area contributed by atoms with Gasteiger partial charge in [0, 0.05) is 47.6 Å². The van der Waals surface area contributed by atoms with Gasteiger partial charge in [-0.2, -0.15) is 0 Å². The van der Waals surface area contributed by atoms with Gasteiger partial charge in [0.15, 0.2) is 0 Å². The van der Waals surface area contributed by atoms with Crippen LogP contribution in [0.5, 0.6) is 0 Å². The lowest BCUT2D eigenvalue weighted by molar-refractivity contribution is -0.143. The quantitative estimate of drug-likeness (QED) is 0.0870. The van der Waals surface area contributed by atoms with Gasteiger partial charge in [-0.25, -0.2) is 19.6 Å². The van der Waals surface area contributed by atoms with Crippen molar-refractivity contribution in [2.24, 2.45) is 39.6 Å². The molecule has 402 valence electrons. The summed E-state index contributed by atoms with van der Waals surface area (Å²) >= 11 is 12.3. The Morgan fingerprint density at radius 3 is 1.49 bits per heavy atom. The minimum absolute atomic E-state index is 0.0407. The van der Waals surface area contributed by atoms with Crippen molar-refractivity contribution in [2.75, 3.05) is 62.6 Å². The topological polar surface area (TPSA) is 135 Å². The average Bonchev–Trinajstić information content (AvgIpc) is 3.88. The number of halogens is 2. The third-order valence-electron chi connectivity index (χ3n) is 16.0. The number of hydrogen-bond acceptors (Lipinski definition) is 14. The van der Waals surface area contributed by atoms with Gasteiger partial charge in [0.05, 0.1) is 52.5 Å². The summed E-state index contributed by atoms with van der Waals surface area (Å²) in [6.07, 6.45) is 16.4. The summed E-state index contributed by atoms with van der Waals surface area (Å²) in [6, 6.07) is 17.2. The van der Waals surface area contributed by atoms with Gasteiger partial charge >= 0.3 is 18.3 Å². The van der Waals surface area contributed by atoms with Crippen molar-refractivity contribution in [3.05, 3.63) is 69.7 Å². The summed E-state index contributed by atoms with van der Waals surface area (Å²) in [4.78, 5) is 55.2. The molecule has 6 rings (SSSR count). The van der Waals surface area contributed by atoms with Crippen LogP contribution in [0.1, 0.15) is 147 Å². The summed E-state index contributed by atoms with van der Waals surface area (Å²) in [7, 11) is 12.7. The maximum Gasteiger partial charge on any atom is 0.510 e. The van der Waals surface area contributed by atoms with Gasteiger partial charge in [0.2, 0.25) is 11.4 Å². The lowest BCUT2D eigenvalue weighted by Gasteiger charge is -2.43. The molecule has 0 N–H and O–H groups in total. The zero-order valence-corrected chi connectivity index (χ0v) is 46.7. The molecule has 72 heavy (non-hydrogen) atoms. The molecule has 2 aliphatic carbocycles. The van der Waals surface area contributed by atoms with E-state index < -0.39 is 23.8 Å². The molecule has 2 aromatic rings. The van der Waals surface area contributed by atoms with E-state index in [1.807, 2.05) is 30.6 Å². The Balaban J connectivity index is 0.000000268. The van der Waals surface area contributed by atoms with Crippen LogP contribution in [0.3, 0.4) is 0 Å². The Morgan fingerprint density at radius 1 is 0.639 bits per heavy atom. The molecule has 0 amide bonds. The molecule has 0 aromatic heterocycles. The summed E-state index contributed by atoms with van der Waals surface area (Å²) in [5, 5.41) is 1.54. The fourth-order valence-electron chi connectivity index (χ4n) is 12.2. The SMILES string of the molecule is CCCN1C=NC(CCC(=O)OC)(OC(=O)OC)C1CC1CCC(C(c2ccc(Cl)cc2)N(C)C)CC1.CCCN1C=NC(OC(=O)OC)(C(C)CC)C1CC1CCC(C(c2ccc(Cl)cc2)N(C)C)CC1. The smallest absolute Gasteiger partial charge is 0.469 e. The fourth-order valence-corrected chi connectivity index (χ4v) is 12.5. The van der Waals surface area contributed by atoms with Crippen LogP contribution in [-0.2, 0) is 28.5 Å². The molecular weight excluding hydrogens is 956 g/mol. The van der Waals surface area contributed by atoms with Crippen LogP contribution >= 0.6 is 23.2 Å². The normalized spacial score (nSPS) is 27.2. The molecule has 2 aromatic carbocycles. The maximum absolute atomic E-state index is 12.3. The molecule has 0 spiro atoms. The standard InChI is InChI=1S/C28H42ClN3O5.C28H44ClN3O3/c1-6-17-32-19-30-28(37-27(34)36-5,16-15-25(33)35-4)24(32)18-20-7-9-21(10-8-20)26(31(2)3)22-11-13-23(29)14-12-22;1-7-17-32-19-30-28(20(3)8-2,35-27(33)34-6)25(32)18-21-9-11-22(12-10-21)26(31(4)5)23-13-15-24(29)16-14-23/h11-14,19-21,24,26H,6-10,15-18H2,1-5H3;13-16,19-22,25-26H,7-12,17-18H2,1-6H3. The monoisotopic (exact) mass is 1040 g/mol. The third kappa shape index (κ3) is 15.0. The Hall–Kier alpha value is -4.11. The Bertz CT molecular complexity index is 2040. The molecule has 7 atom stereocenters. The molecule has 4 aliphatic rings. The van der Waals surface area contributed by atoms with Crippen LogP contribution in [0, 0.1) is 29.6 Å². The second-order valence-corrected chi connectivity index (χ2v) is 21.9. The van der Waals surface area contributed by atoms with Crippen LogP contribution in [0.25, 0.3) is 0 Å². The minimum Gasteiger partial charge on any atom is -0.469 e. The van der Waals surface area contributed by atoms with Crippen molar-refractivity contribution in [3.8, 4) is 0 Å². The van der Waals surface area contributed by atoms with Gasteiger partial charge in [-0.05, 0) is 145 Å². The lowest BCUT2D eigenvalue weighted by Crippen LogP contribution is -2.53. The predicted molar refractivity (Wildman–Crippen MR) is 288 cm³/mol. The summed E-state index contributed by atoms with van der Waals surface area (Å²) in [5.41, 5.74) is 0.583. The first-order valence-electron chi connectivity index (χ1n) is 26.5. The third-order valence-corrected chi connectivity index (χ3v) is 16.5. The Kier molecular flexibility index (Phi) is 22.8. The molecule has 0 bridgehead atoms. The van der Waals surface area contributed by atoms with Crippen molar-refractivity contribution in [1.82, 2.24) is 19.6 Å². The number of nitrogens with zero attached hydrogens (tertiary/aromatic N) is 6. The molecule has 14 nitrogen and oxygen atoms in total. The van der Waals surface area contributed by atoms with Crippen molar-refractivity contribution in [3.63, 3.8) is 0 Å². The highest BCUT2D eigenvalue weighted by molar-refractivity contribution is 6.30. The second kappa shape index (κ2) is 28.0. The highest BCUT2D eigenvalue weighted by Crippen LogP contribution is 2.47. The molecule has 0 radical (unpaired) electrons. The van der Waals surface area contributed by atoms with Crippen LogP contribution in [0.2, 0.25) is 10.0 Å². The number of carbonyl (C=O) groups is 3. The predicted octanol–water partition coefficient (Wildman–Crippen LogP) is 12.5. The van der Waals surface area contributed by atoms with Crippen LogP contribution in [0.15, 0.2) is 58.5 Å². The summed E-state index contributed by atoms with van der Waals surface area (Å²) < 4.78 is 26.4. The zero-order valence-electron chi connectivity index (χ0n) is 45.2. The van der Waals surface area contributed by atoms with Gasteiger partial charge in [0.1, 0.15) is 0 Å². The van der Waals surface area contributed by atoms with E-state index in [1.165, 1.54) is 58.1 Å². The van der Waals surface area contributed by atoms with E-state index in [0.717, 1.165) is 80.9 Å². The van der Waals surface area contributed by atoms with Gasteiger partial charge in [0.25, 0.3) is 0 Å². The maximum atomic E-state index is 12.3. The first kappa shape index (κ1) is 58.8. The molecule has 0 saturated heterocycles. The van der Waals surface area contributed by atoms with Crippen molar-refractivity contribution < 1.29 is 38.1 Å². The van der Waals surface area contributed by atoms with E-state index in [4.69, 9.17) is 51.9 Å². The first-order chi connectivity index (χ1) is 34.5. The molecular formula is C56H86Cl2N6O8. The van der Waals surface area contributed by atoms with Crippen molar-refractivity contribution >= 4 is 54.2 Å². The Morgan fingerprint density at radius 2 is 1.07 bits per heavy atom. The molecule has 2 saturated carbocycles. The van der Waals surface area contributed by atoms with Crippen molar-refractivity contribution in [1.29, 1.82) is 0 Å². The average molecular weight is 1040 g/mol. The van der Waals surface area contributed by atoms with Gasteiger partial charge < -0.3 is 43.3 Å². The number of methoxy groups -OCH3 is 3. The number of aliphatic imine (C=N–C) groups is 2. The largest absolute Gasteiger partial charge is 0.510 e. The highest BCUT2D eigenvalue weighted by Gasteiger charge is 2.53. The molecule has 7 unspecified atom stereocenters. The summed E-state index contributed by atoms with van der Waals surface area (Å²) in [5.74, 6) is 1.95. The van der Waals surface area contributed by atoms with Gasteiger partial charge in [-0.1, -0.05) is 101 Å². The van der Waals surface area contributed by atoms with E-state index in [-0.39, 0.29) is 36.8 Å². The molecule has 2 heterocycles. The van der Waals surface area contributed by atoms with E-state index in [2.05, 4.69) is 105 Å². The number of esters is 1. The highest BCUT2D eigenvalue weighted by atomic mass is 35.5. The Labute approximate surface area is 441 Å². The fraction of sp³-hybridized carbons (Fsp3) is 0.696. The number of rotatable bonds is 21. The number of ether oxygens (including phenoxy) is 5. The minimum atomic E-state index is -1.16. The zero-order chi connectivity index (χ0) is 52.6. The van der Waals surface area contributed by atoms with Crippen LogP contribution in [0.4, 0.5) is 9.59 Å². The van der Waals surface area contributed by atoms with E-state index in [1.54, 1.807) is 6.34 Å². The molecule has 16 heteroatoms. The number of carbonyl (C=O) groups excluding carboxylic acids is 3. The van der Waals surface area contributed by atoms with Crippen LogP contribution in [-0.4, -0.2) is 137 Å². The van der Waals surface area contributed by atoms with Crippen molar-refractivity contribution in [2.45, 2.75) is 160 Å². The summed E-state index contributed by atoms with van der Waals surface area (Å²) in [6.45, 7) is 10.3. The van der Waals surface area contributed by atoms with E-state index in [9.17, 15) is 14.4 Å². The molecule has 2 fully saturated rings. The lowest BCUT2D eigenvalue weighted by atomic mass is 9.73. The number of benzene rings is 2. The van der Waals surface area contributed by atoms with E-state index >= 15 is 0 Å². The van der Waals surface area contributed by atoms with Crippen LogP contribution < -0.4 is 0 Å². The van der Waals surface area contributed by atoms with E-state index in [0.29, 0.717) is 35.8 Å². The molecule has 2 aliphatic heterocycles. The number of hydrogen-bond donors (Lipinski definition) is 0. The van der Waals surface area contributed by atoms with Gasteiger partial charge in [-0.15, -0.1) is 0 Å². The first-order valence-corrected chi connectivity index (χ1v) is 27.3. The van der Waals surface area contributed by atoms with Gasteiger partial charge in [-0.3, -0.25) is 4.79 Å².